The number of fused-ring (bicyclic) bond motifs is 1. The van der Waals surface area contributed by atoms with E-state index in [1.165, 1.54) is 0 Å². The number of rotatable bonds is 3. The van der Waals surface area contributed by atoms with E-state index in [-0.39, 0.29) is 5.91 Å². The Kier molecular flexibility index (Phi) is 4.10. The Morgan fingerprint density at radius 3 is 2.73 bits per heavy atom. The molecular weight excluding hydrogens is 278 g/mol. The van der Waals surface area contributed by atoms with E-state index in [2.05, 4.69) is 5.32 Å². The van der Waals surface area contributed by atoms with Gasteiger partial charge in [-0.1, -0.05) is 36.4 Å². The molecule has 1 amide bonds. The van der Waals surface area contributed by atoms with Crippen molar-refractivity contribution in [2.45, 2.75) is 6.42 Å². The fraction of sp³-hybridized carbons (Fsp3) is 0.167. The Morgan fingerprint density at radius 1 is 1.14 bits per heavy atom. The fourth-order valence-corrected chi connectivity index (χ4v) is 2.31. The van der Waals surface area contributed by atoms with Crippen LogP contribution < -0.4 is 14.8 Å². The summed E-state index contributed by atoms with van der Waals surface area (Å²) in [4.78, 5) is 11.6. The van der Waals surface area contributed by atoms with Crippen molar-refractivity contribution in [1.29, 1.82) is 0 Å². The largest absolute Gasteiger partial charge is 0.497 e. The van der Waals surface area contributed by atoms with E-state index >= 15 is 0 Å². The van der Waals surface area contributed by atoms with Crippen molar-refractivity contribution in [2.24, 2.45) is 0 Å². The van der Waals surface area contributed by atoms with E-state index in [1.807, 2.05) is 54.6 Å². The third-order valence-corrected chi connectivity index (χ3v) is 3.47. The maximum atomic E-state index is 11.6. The van der Waals surface area contributed by atoms with Crippen molar-refractivity contribution >= 4 is 23.7 Å². The maximum absolute atomic E-state index is 11.6. The summed E-state index contributed by atoms with van der Waals surface area (Å²) in [5, 5.41) is 2.86. The van der Waals surface area contributed by atoms with Crippen LogP contribution in [0.15, 0.2) is 42.5 Å². The van der Waals surface area contributed by atoms with Crippen molar-refractivity contribution in [3.8, 4) is 11.5 Å². The number of anilines is 1. The summed E-state index contributed by atoms with van der Waals surface area (Å²) in [6.07, 6.45) is 4.36. The molecule has 0 fully saturated rings. The summed E-state index contributed by atoms with van der Waals surface area (Å²) in [5.41, 5.74) is 2.73. The van der Waals surface area contributed by atoms with E-state index in [0.717, 1.165) is 28.3 Å². The minimum atomic E-state index is -0.0185. The Labute approximate surface area is 129 Å². The molecule has 2 aromatic rings. The van der Waals surface area contributed by atoms with Gasteiger partial charge in [0.05, 0.1) is 25.8 Å². The number of amides is 1. The highest BCUT2D eigenvalue weighted by molar-refractivity contribution is 5.94. The number of nitrogens with one attached hydrogen (secondary N) is 1. The molecule has 1 N–H and O–H groups in total. The summed E-state index contributed by atoms with van der Waals surface area (Å²) in [7, 11) is 1.65. The Balaban J connectivity index is 1.87. The van der Waals surface area contributed by atoms with Crippen molar-refractivity contribution in [2.75, 3.05) is 19.0 Å². The van der Waals surface area contributed by atoms with Gasteiger partial charge in [0.15, 0.2) is 0 Å². The Bertz CT molecular complexity index is 705. The molecule has 0 unspecified atom stereocenters. The monoisotopic (exact) mass is 295 g/mol. The predicted molar refractivity (Wildman–Crippen MR) is 87.1 cm³/mol. The fourth-order valence-electron chi connectivity index (χ4n) is 2.31. The van der Waals surface area contributed by atoms with Crippen LogP contribution in [0.1, 0.15) is 17.5 Å². The molecule has 4 heteroatoms. The van der Waals surface area contributed by atoms with Crippen LogP contribution in [0.5, 0.6) is 11.5 Å². The second-order valence-electron chi connectivity index (χ2n) is 4.98. The van der Waals surface area contributed by atoms with Crippen molar-refractivity contribution < 1.29 is 14.3 Å². The number of carbonyl (C=O) groups is 1. The van der Waals surface area contributed by atoms with E-state index in [0.29, 0.717) is 13.0 Å². The number of methoxy groups -OCH3 is 1. The SMILES string of the molecule is COc1ccc(/C=C/c2cccc3c2OCCC(=O)N3)cc1. The molecule has 1 heterocycles. The molecule has 1 aliphatic heterocycles. The first kappa shape index (κ1) is 14.2. The minimum absolute atomic E-state index is 0.0185. The van der Waals surface area contributed by atoms with E-state index in [1.54, 1.807) is 7.11 Å². The first-order valence-corrected chi connectivity index (χ1v) is 7.14. The first-order chi connectivity index (χ1) is 10.8. The average molecular weight is 295 g/mol. The van der Waals surface area contributed by atoms with Gasteiger partial charge < -0.3 is 14.8 Å². The van der Waals surface area contributed by atoms with Gasteiger partial charge in [-0.2, -0.15) is 0 Å². The highest BCUT2D eigenvalue weighted by Gasteiger charge is 2.15. The zero-order valence-electron chi connectivity index (χ0n) is 12.3. The van der Waals surface area contributed by atoms with E-state index in [9.17, 15) is 4.79 Å². The lowest BCUT2D eigenvalue weighted by molar-refractivity contribution is -0.116. The summed E-state index contributed by atoms with van der Waals surface area (Å²) < 4.78 is 10.9. The lowest BCUT2D eigenvalue weighted by Crippen LogP contribution is -2.10. The van der Waals surface area contributed by atoms with Crippen molar-refractivity contribution in [3.05, 3.63) is 53.6 Å². The molecule has 0 radical (unpaired) electrons. The average Bonchev–Trinajstić information content (AvgIpc) is 2.74. The maximum Gasteiger partial charge on any atom is 0.227 e. The molecule has 22 heavy (non-hydrogen) atoms. The molecule has 3 rings (SSSR count). The summed E-state index contributed by atoms with van der Waals surface area (Å²) >= 11 is 0. The highest BCUT2D eigenvalue weighted by atomic mass is 16.5. The first-order valence-electron chi connectivity index (χ1n) is 7.14. The number of benzene rings is 2. The Hall–Kier alpha value is -2.75. The zero-order chi connectivity index (χ0) is 15.4. The van der Waals surface area contributed by atoms with Crippen LogP contribution in [0.3, 0.4) is 0 Å². The normalized spacial score (nSPS) is 14.0. The molecule has 1 aliphatic rings. The van der Waals surface area contributed by atoms with Gasteiger partial charge in [0.25, 0.3) is 0 Å². The van der Waals surface area contributed by atoms with Gasteiger partial charge in [0, 0.05) is 5.56 Å². The molecule has 2 aromatic carbocycles. The summed E-state index contributed by atoms with van der Waals surface area (Å²) in [6, 6.07) is 13.5. The van der Waals surface area contributed by atoms with Crippen LogP contribution in [-0.2, 0) is 4.79 Å². The Morgan fingerprint density at radius 2 is 1.95 bits per heavy atom. The predicted octanol–water partition coefficient (Wildman–Crippen LogP) is 3.59. The van der Waals surface area contributed by atoms with Gasteiger partial charge >= 0.3 is 0 Å². The molecule has 0 aromatic heterocycles. The molecule has 4 nitrogen and oxygen atoms in total. The standard InChI is InChI=1S/C18H17NO3/c1-21-15-9-6-13(7-10-15)5-8-14-3-2-4-16-18(14)22-12-11-17(20)19-16/h2-10H,11-12H2,1H3,(H,19,20)/b8-5+. The number of carbonyl (C=O) groups excluding carboxylic acids is 1. The molecule has 0 atom stereocenters. The molecule has 0 aliphatic carbocycles. The molecule has 0 saturated carbocycles. The molecule has 0 saturated heterocycles. The van der Waals surface area contributed by atoms with E-state index in [4.69, 9.17) is 9.47 Å². The van der Waals surface area contributed by atoms with Gasteiger partial charge in [-0.15, -0.1) is 0 Å². The molecule has 112 valence electrons. The third kappa shape index (κ3) is 3.11. The lowest BCUT2D eigenvalue weighted by atomic mass is 10.1. The van der Waals surface area contributed by atoms with Gasteiger partial charge in [-0.25, -0.2) is 0 Å². The van der Waals surface area contributed by atoms with Gasteiger partial charge in [0.1, 0.15) is 11.5 Å². The van der Waals surface area contributed by atoms with Crippen LogP contribution in [-0.4, -0.2) is 19.6 Å². The second-order valence-corrected chi connectivity index (χ2v) is 4.98. The minimum Gasteiger partial charge on any atom is -0.497 e. The topological polar surface area (TPSA) is 47.6 Å². The lowest BCUT2D eigenvalue weighted by Gasteiger charge is -2.10. The van der Waals surface area contributed by atoms with E-state index < -0.39 is 0 Å². The van der Waals surface area contributed by atoms with Crippen LogP contribution in [0.2, 0.25) is 0 Å². The number of hydrogen-bond donors (Lipinski definition) is 1. The smallest absolute Gasteiger partial charge is 0.227 e. The number of hydrogen-bond acceptors (Lipinski definition) is 3. The second kappa shape index (κ2) is 6.35. The summed E-state index contributed by atoms with van der Waals surface area (Å²) in [5.74, 6) is 1.53. The number of para-hydroxylation sites is 1. The van der Waals surface area contributed by atoms with Crippen LogP contribution in [0.4, 0.5) is 5.69 Å². The van der Waals surface area contributed by atoms with Crippen LogP contribution in [0, 0.1) is 0 Å². The highest BCUT2D eigenvalue weighted by Crippen LogP contribution is 2.32. The van der Waals surface area contributed by atoms with Gasteiger partial charge in [-0.3, -0.25) is 4.79 Å². The summed E-state index contributed by atoms with van der Waals surface area (Å²) in [6.45, 7) is 0.395. The number of ether oxygens (including phenoxy) is 2. The quantitative estimate of drug-likeness (QED) is 0.880. The molecule has 0 bridgehead atoms. The molecule has 0 spiro atoms. The van der Waals surface area contributed by atoms with Crippen LogP contribution in [0.25, 0.3) is 12.2 Å². The third-order valence-electron chi connectivity index (χ3n) is 3.47. The zero-order valence-corrected chi connectivity index (χ0v) is 12.3. The van der Waals surface area contributed by atoms with Gasteiger partial charge in [0.2, 0.25) is 5.91 Å². The van der Waals surface area contributed by atoms with Crippen LogP contribution >= 0.6 is 0 Å². The van der Waals surface area contributed by atoms with Gasteiger partial charge in [-0.05, 0) is 23.8 Å². The van der Waals surface area contributed by atoms with Crippen molar-refractivity contribution in [1.82, 2.24) is 0 Å². The molecular formula is C18H17NO3. The van der Waals surface area contributed by atoms with Crippen molar-refractivity contribution in [3.63, 3.8) is 0 Å².